The van der Waals surface area contributed by atoms with E-state index in [1.807, 2.05) is 31.2 Å². The van der Waals surface area contributed by atoms with Gasteiger partial charge in [0, 0.05) is 57.5 Å². The summed E-state index contributed by atoms with van der Waals surface area (Å²) in [4.78, 5) is 47.1. The number of carbonyl (C=O) groups excluding carboxylic acids is 2. The quantitative estimate of drug-likeness (QED) is 0.552. The molecule has 188 valence electrons. The van der Waals surface area contributed by atoms with E-state index in [9.17, 15) is 14.4 Å². The molecule has 1 aromatic carbocycles. The molecule has 5 N–H and O–H groups in total. The zero-order valence-electron chi connectivity index (χ0n) is 20.5. The van der Waals surface area contributed by atoms with Crippen molar-refractivity contribution in [3.8, 4) is 5.69 Å². The molecule has 0 spiro atoms. The molecule has 0 saturated carbocycles. The molecule has 2 aliphatic rings. The van der Waals surface area contributed by atoms with E-state index >= 15 is 0 Å². The fraction of sp³-hybridized carbons (Fsp3) is 0.500. The molecule has 0 aliphatic carbocycles. The second kappa shape index (κ2) is 9.40. The van der Waals surface area contributed by atoms with E-state index in [0.717, 1.165) is 25.2 Å². The number of hydrogen-bond acceptors (Lipinski definition) is 7. The first-order valence-corrected chi connectivity index (χ1v) is 11.8. The number of benzene rings is 1. The molecule has 2 saturated heterocycles. The van der Waals surface area contributed by atoms with Crippen molar-refractivity contribution in [1.29, 1.82) is 0 Å². The molecule has 11 nitrogen and oxygen atoms in total. The third-order valence-electron chi connectivity index (χ3n) is 6.23. The lowest BCUT2D eigenvalue weighted by molar-refractivity contribution is -0.137. The van der Waals surface area contributed by atoms with Crippen LogP contribution in [0.2, 0.25) is 0 Å². The summed E-state index contributed by atoms with van der Waals surface area (Å²) in [5.41, 5.74) is 12.3. The van der Waals surface area contributed by atoms with Gasteiger partial charge in [0.15, 0.2) is 0 Å². The second-order valence-electron chi connectivity index (χ2n) is 10.4. The monoisotopic (exact) mass is 482 g/mol. The Kier molecular flexibility index (Phi) is 6.67. The van der Waals surface area contributed by atoms with Crippen LogP contribution in [0, 0.1) is 0 Å². The van der Waals surface area contributed by atoms with Crippen LogP contribution < -0.4 is 22.5 Å². The summed E-state index contributed by atoms with van der Waals surface area (Å²) in [6.45, 7) is 9.49. The van der Waals surface area contributed by atoms with Gasteiger partial charge < -0.3 is 21.3 Å². The molecule has 0 atom stereocenters. The topological polar surface area (TPSA) is 143 Å². The Labute approximate surface area is 204 Å². The minimum Gasteiger partial charge on any atom is -0.338 e. The summed E-state index contributed by atoms with van der Waals surface area (Å²) in [5.74, 6) is 0.0343. The van der Waals surface area contributed by atoms with E-state index in [0.29, 0.717) is 31.9 Å². The van der Waals surface area contributed by atoms with Gasteiger partial charge in [0.2, 0.25) is 5.91 Å². The number of anilines is 1. The van der Waals surface area contributed by atoms with Gasteiger partial charge in [-0.15, -0.1) is 0 Å². The maximum atomic E-state index is 12.6. The van der Waals surface area contributed by atoms with Crippen LogP contribution >= 0.6 is 0 Å². The third kappa shape index (κ3) is 5.87. The third-order valence-corrected chi connectivity index (χ3v) is 6.23. The fourth-order valence-electron chi connectivity index (χ4n) is 4.49. The van der Waals surface area contributed by atoms with Crippen molar-refractivity contribution in [1.82, 2.24) is 24.3 Å². The number of urea groups is 1. The average molecular weight is 483 g/mol. The Morgan fingerprint density at radius 3 is 2.20 bits per heavy atom. The molecular formula is C24H34N8O3. The van der Waals surface area contributed by atoms with E-state index in [1.165, 1.54) is 4.57 Å². The molecule has 35 heavy (non-hydrogen) atoms. The Morgan fingerprint density at radius 2 is 1.66 bits per heavy atom. The van der Waals surface area contributed by atoms with E-state index in [2.05, 4.69) is 15.2 Å². The van der Waals surface area contributed by atoms with Crippen LogP contribution in [-0.2, 0) is 11.3 Å². The maximum absolute atomic E-state index is 12.6. The summed E-state index contributed by atoms with van der Waals surface area (Å²) >= 11 is 0. The Morgan fingerprint density at radius 1 is 1.06 bits per heavy atom. The van der Waals surface area contributed by atoms with Crippen molar-refractivity contribution >= 4 is 17.8 Å². The van der Waals surface area contributed by atoms with Gasteiger partial charge in [0.05, 0.1) is 11.2 Å². The molecule has 0 bridgehead atoms. The molecule has 2 aromatic rings. The summed E-state index contributed by atoms with van der Waals surface area (Å²) in [6, 6.07) is 8.95. The smallest absolute Gasteiger partial charge is 0.338 e. The maximum Gasteiger partial charge on any atom is 0.354 e. The Bertz CT molecular complexity index is 1140. The largest absolute Gasteiger partial charge is 0.354 e. The van der Waals surface area contributed by atoms with Crippen LogP contribution in [0.1, 0.15) is 26.3 Å². The summed E-state index contributed by atoms with van der Waals surface area (Å²) in [5, 5.41) is 2.67. The molecule has 2 fully saturated rings. The Balaban J connectivity index is 1.32. The molecule has 0 radical (unpaired) electrons. The molecule has 3 heterocycles. The molecule has 3 amide bonds. The second-order valence-corrected chi connectivity index (χ2v) is 10.4. The number of piperazine rings is 1. The van der Waals surface area contributed by atoms with Crippen molar-refractivity contribution in [3.63, 3.8) is 0 Å². The molecule has 11 heteroatoms. The van der Waals surface area contributed by atoms with Crippen molar-refractivity contribution in [2.24, 2.45) is 11.5 Å². The first kappa shape index (κ1) is 24.8. The lowest BCUT2D eigenvalue weighted by atomic mass is 9.93. The summed E-state index contributed by atoms with van der Waals surface area (Å²) < 4.78 is 1.43. The Hall–Kier alpha value is -3.28. The van der Waals surface area contributed by atoms with E-state index in [4.69, 9.17) is 11.5 Å². The van der Waals surface area contributed by atoms with Gasteiger partial charge in [-0.3, -0.25) is 19.6 Å². The highest BCUT2D eigenvalue weighted by Gasteiger charge is 2.34. The zero-order valence-corrected chi connectivity index (χ0v) is 20.5. The van der Waals surface area contributed by atoms with Crippen LogP contribution in [-0.4, -0.2) is 86.5 Å². The normalized spacial score (nSPS) is 18.2. The highest BCUT2D eigenvalue weighted by Crippen LogP contribution is 2.20. The average Bonchev–Trinajstić information content (AvgIpc) is 2.78. The molecule has 1 aromatic heterocycles. The van der Waals surface area contributed by atoms with Gasteiger partial charge in [-0.1, -0.05) is 12.1 Å². The van der Waals surface area contributed by atoms with E-state index < -0.39 is 11.2 Å². The SMILES string of the molecule is CC1(N)CN(Cc2ccc(-n3ccc(NC(=O)N4CCN(C(=O)C(C)(C)N)CC4)nc3=O)cc2)C1. The van der Waals surface area contributed by atoms with Crippen LogP contribution in [0.25, 0.3) is 5.69 Å². The number of rotatable bonds is 5. The lowest BCUT2D eigenvalue weighted by Crippen LogP contribution is -2.64. The van der Waals surface area contributed by atoms with Crippen LogP contribution in [0.3, 0.4) is 0 Å². The molecular weight excluding hydrogens is 448 g/mol. The van der Waals surface area contributed by atoms with Gasteiger partial charge in [-0.05, 0) is 44.5 Å². The standard InChI is InChI=1S/C24H34N8O3/c1-23(2,25)20(33)30-10-12-31(13-11-30)21(34)27-19-8-9-32(22(35)28-19)18-6-4-17(5-7-18)14-29-15-24(3,26)16-29/h4-9H,10-16,25-26H2,1-3H3,(H,27,28,34,35). The number of likely N-dealkylation sites (tertiary alicyclic amines) is 1. The summed E-state index contributed by atoms with van der Waals surface area (Å²) in [7, 11) is 0. The number of hydrogen-bond donors (Lipinski definition) is 3. The van der Waals surface area contributed by atoms with Crippen molar-refractivity contribution in [2.45, 2.75) is 38.4 Å². The zero-order chi connectivity index (χ0) is 25.4. The highest BCUT2D eigenvalue weighted by molar-refractivity contribution is 5.89. The van der Waals surface area contributed by atoms with Crippen molar-refractivity contribution in [3.05, 3.63) is 52.6 Å². The number of nitrogens with one attached hydrogen (secondary N) is 1. The number of aromatic nitrogens is 2. The highest BCUT2D eigenvalue weighted by atomic mass is 16.2. The minimum atomic E-state index is -0.945. The number of amides is 3. The van der Waals surface area contributed by atoms with Gasteiger partial charge >= 0.3 is 11.7 Å². The first-order chi connectivity index (χ1) is 16.4. The summed E-state index contributed by atoms with van der Waals surface area (Å²) in [6.07, 6.45) is 1.59. The molecule has 0 unspecified atom stereocenters. The van der Waals surface area contributed by atoms with Gasteiger partial charge in [0.1, 0.15) is 5.82 Å². The lowest BCUT2D eigenvalue weighted by Gasteiger charge is -2.45. The van der Waals surface area contributed by atoms with Crippen molar-refractivity contribution in [2.75, 3.05) is 44.6 Å². The van der Waals surface area contributed by atoms with E-state index in [-0.39, 0.29) is 23.3 Å². The van der Waals surface area contributed by atoms with Crippen LogP contribution in [0.4, 0.5) is 10.6 Å². The number of carbonyl (C=O) groups is 2. The van der Waals surface area contributed by atoms with Crippen LogP contribution in [0.5, 0.6) is 0 Å². The number of nitrogens with two attached hydrogens (primary N) is 2. The van der Waals surface area contributed by atoms with Gasteiger partial charge in [0.25, 0.3) is 0 Å². The fourth-order valence-corrected chi connectivity index (χ4v) is 4.49. The van der Waals surface area contributed by atoms with E-state index in [1.54, 1.807) is 35.9 Å². The van der Waals surface area contributed by atoms with Crippen LogP contribution in [0.15, 0.2) is 41.3 Å². The van der Waals surface area contributed by atoms with Gasteiger partial charge in [-0.25, -0.2) is 9.59 Å². The van der Waals surface area contributed by atoms with Crippen molar-refractivity contribution < 1.29 is 9.59 Å². The predicted molar refractivity (Wildman–Crippen MR) is 133 cm³/mol. The van der Waals surface area contributed by atoms with Gasteiger partial charge in [-0.2, -0.15) is 4.98 Å². The molecule has 2 aliphatic heterocycles. The predicted octanol–water partition coefficient (Wildman–Crippen LogP) is 0.179. The minimum absolute atomic E-state index is 0.106. The first-order valence-electron chi connectivity index (χ1n) is 11.8. The number of nitrogens with zero attached hydrogens (tertiary/aromatic N) is 5. The molecule has 4 rings (SSSR count).